The highest BCUT2D eigenvalue weighted by Crippen LogP contribution is 2.36. The van der Waals surface area contributed by atoms with Crippen molar-refractivity contribution in [3.63, 3.8) is 0 Å². The number of anilines is 1. The van der Waals surface area contributed by atoms with Gasteiger partial charge in [0.2, 0.25) is 5.91 Å². The van der Waals surface area contributed by atoms with E-state index < -0.39 is 17.3 Å². The number of nitrogens with zero attached hydrogens (tertiary/aromatic N) is 7. The van der Waals surface area contributed by atoms with Crippen LogP contribution in [0.1, 0.15) is 37.9 Å². The highest BCUT2D eigenvalue weighted by Gasteiger charge is 2.31. The van der Waals surface area contributed by atoms with Gasteiger partial charge in [0, 0.05) is 31.9 Å². The number of hydrogen-bond acceptors (Lipinski definition) is 8. The van der Waals surface area contributed by atoms with Gasteiger partial charge in [-0.15, -0.1) is 0 Å². The van der Waals surface area contributed by atoms with Gasteiger partial charge in [0.15, 0.2) is 23.4 Å². The zero-order chi connectivity index (χ0) is 30.6. The van der Waals surface area contributed by atoms with E-state index in [4.69, 9.17) is 4.42 Å². The Morgan fingerprint density at radius 3 is 2.65 bits per heavy atom. The standard InChI is InChI=1S/C31H29F2N7O3/c1-6-23(41)38-11-12-39(18(5)14-38)29-19-13-21(33)26(24-20(32)7-8-22-28(24)43-15-35-22)36-30(19)40(31(42)37-29)27-17(4)9-10-34-25(27)16(2)3/h6-10,13,15-16,18H,1,11-12,14H2,2-5H3/t18-/m0/s1. The number of halogens is 2. The van der Waals surface area contributed by atoms with Gasteiger partial charge in [-0.25, -0.2) is 28.1 Å². The fraction of sp³-hybridized carbons (Fsp3) is 0.290. The maximum absolute atomic E-state index is 16.1. The van der Waals surface area contributed by atoms with Crippen LogP contribution >= 0.6 is 0 Å². The molecule has 220 valence electrons. The maximum Gasteiger partial charge on any atom is 0.355 e. The summed E-state index contributed by atoms with van der Waals surface area (Å²) in [7, 11) is 0. The Morgan fingerprint density at radius 2 is 1.93 bits per heavy atom. The number of piperazine rings is 1. The molecule has 1 aliphatic heterocycles. The van der Waals surface area contributed by atoms with Crippen molar-refractivity contribution >= 4 is 33.9 Å². The molecule has 12 heteroatoms. The number of carbonyl (C=O) groups is 1. The number of aryl methyl sites for hydroxylation is 1. The lowest BCUT2D eigenvalue weighted by Gasteiger charge is -2.40. The van der Waals surface area contributed by atoms with Crippen LogP contribution in [-0.2, 0) is 4.79 Å². The van der Waals surface area contributed by atoms with Crippen molar-refractivity contribution in [3.05, 3.63) is 82.9 Å². The molecule has 0 unspecified atom stereocenters. The van der Waals surface area contributed by atoms with Crippen LogP contribution in [0.2, 0.25) is 0 Å². The van der Waals surface area contributed by atoms with Crippen molar-refractivity contribution in [3.8, 4) is 16.9 Å². The third-order valence-corrected chi connectivity index (χ3v) is 7.80. The zero-order valence-electron chi connectivity index (χ0n) is 24.1. The summed E-state index contributed by atoms with van der Waals surface area (Å²) in [6.07, 6.45) is 4.07. The topological polar surface area (TPSA) is 110 Å². The molecule has 1 amide bonds. The molecule has 0 aliphatic carbocycles. The molecule has 5 aromatic rings. The number of hydrogen-bond donors (Lipinski definition) is 0. The number of aromatic nitrogens is 5. The van der Waals surface area contributed by atoms with Crippen LogP contribution in [-0.4, -0.2) is 61.0 Å². The average Bonchev–Trinajstić information content (AvgIpc) is 3.46. The first-order valence-electron chi connectivity index (χ1n) is 13.9. The Morgan fingerprint density at radius 1 is 1.14 bits per heavy atom. The van der Waals surface area contributed by atoms with Gasteiger partial charge in [-0.05, 0) is 55.7 Å². The number of oxazole rings is 1. The van der Waals surface area contributed by atoms with E-state index in [1.54, 1.807) is 17.2 Å². The van der Waals surface area contributed by atoms with Crippen LogP contribution in [0.4, 0.5) is 14.6 Å². The van der Waals surface area contributed by atoms with Gasteiger partial charge < -0.3 is 14.2 Å². The first-order chi connectivity index (χ1) is 20.6. The lowest BCUT2D eigenvalue weighted by molar-refractivity contribution is -0.126. The van der Waals surface area contributed by atoms with E-state index in [1.165, 1.54) is 28.8 Å². The van der Waals surface area contributed by atoms with E-state index in [0.717, 1.165) is 12.0 Å². The van der Waals surface area contributed by atoms with Crippen LogP contribution in [0.5, 0.6) is 0 Å². The fourth-order valence-electron chi connectivity index (χ4n) is 5.71. The van der Waals surface area contributed by atoms with E-state index in [9.17, 15) is 9.59 Å². The van der Waals surface area contributed by atoms with Crippen molar-refractivity contribution in [2.75, 3.05) is 24.5 Å². The molecule has 43 heavy (non-hydrogen) atoms. The van der Waals surface area contributed by atoms with Crippen molar-refractivity contribution in [2.45, 2.75) is 39.7 Å². The third-order valence-electron chi connectivity index (χ3n) is 7.80. The van der Waals surface area contributed by atoms with E-state index in [1.807, 2.05) is 32.6 Å². The molecular formula is C31H29F2N7O3. The monoisotopic (exact) mass is 585 g/mol. The average molecular weight is 586 g/mol. The molecule has 0 N–H and O–H groups in total. The van der Waals surface area contributed by atoms with Crippen LogP contribution in [0.3, 0.4) is 0 Å². The Labute approximate surface area is 245 Å². The lowest BCUT2D eigenvalue weighted by atomic mass is 10.0. The number of pyridine rings is 2. The van der Waals surface area contributed by atoms with Gasteiger partial charge in [-0.3, -0.25) is 9.78 Å². The molecule has 5 heterocycles. The van der Waals surface area contributed by atoms with E-state index in [2.05, 4.69) is 26.5 Å². The summed E-state index contributed by atoms with van der Waals surface area (Å²) in [5.41, 5.74) is 1.09. The number of rotatable bonds is 5. The predicted molar refractivity (Wildman–Crippen MR) is 158 cm³/mol. The second-order valence-electron chi connectivity index (χ2n) is 10.9. The van der Waals surface area contributed by atoms with Crippen molar-refractivity contribution in [1.82, 2.24) is 29.4 Å². The molecule has 1 saturated heterocycles. The van der Waals surface area contributed by atoms with Crippen LogP contribution in [0, 0.1) is 18.6 Å². The highest BCUT2D eigenvalue weighted by atomic mass is 19.1. The van der Waals surface area contributed by atoms with E-state index in [-0.39, 0.29) is 51.6 Å². The molecule has 1 atom stereocenters. The van der Waals surface area contributed by atoms with Gasteiger partial charge in [0.1, 0.15) is 22.8 Å². The SMILES string of the molecule is C=CC(=O)N1CCN(c2nc(=O)n(-c3c(C)ccnc3C(C)C)c3nc(-c4c(F)ccc5ncoc45)c(F)cc23)[C@@H](C)C1. The summed E-state index contributed by atoms with van der Waals surface area (Å²) in [6, 6.07) is 5.33. The second-order valence-corrected chi connectivity index (χ2v) is 10.9. The van der Waals surface area contributed by atoms with Gasteiger partial charge in [-0.2, -0.15) is 4.98 Å². The summed E-state index contributed by atoms with van der Waals surface area (Å²) < 4.78 is 38.2. The smallest absolute Gasteiger partial charge is 0.355 e. The summed E-state index contributed by atoms with van der Waals surface area (Å²) in [5.74, 6) is -1.64. The predicted octanol–water partition coefficient (Wildman–Crippen LogP) is 4.92. The molecule has 0 spiro atoms. The number of benzene rings is 1. The molecule has 6 rings (SSSR count). The molecule has 4 aromatic heterocycles. The number of carbonyl (C=O) groups excluding carboxylic acids is 1. The Balaban J connectivity index is 1.67. The van der Waals surface area contributed by atoms with Gasteiger partial charge in [-0.1, -0.05) is 20.4 Å². The third kappa shape index (κ3) is 4.62. The lowest BCUT2D eigenvalue weighted by Crippen LogP contribution is -2.54. The quantitative estimate of drug-likeness (QED) is 0.268. The first-order valence-corrected chi connectivity index (χ1v) is 13.9. The van der Waals surface area contributed by atoms with Gasteiger partial charge in [0.25, 0.3) is 0 Å². The van der Waals surface area contributed by atoms with Gasteiger partial charge in [0.05, 0.1) is 22.3 Å². The number of amides is 1. The molecule has 1 aromatic carbocycles. The molecule has 1 fully saturated rings. The minimum absolute atomic E-state index is 0.0333. The minimum atomic E-state index is -0.830. The van der Waals surface area contributed by atoms with Crippen LogP contribution in [0.25, 0.3) is 39.1 Å². The summed E-state index contributed by atoms with van der Waals surface area (Å²) in [6.45, 7) is 12.2. The minimum Gasteiger partial charge on any atom is -0.443 e. The molecule has 1 aliphatic rings. The van der Waals surface area contributed by atoms with Crippen LogP contribution in [0.15, 0.2) is 58.7 Å². The first kappa shape index (κ1) is 28.1. The molecular weight excluding hydrogens is 556 g/mol. The summed E-state index contributed by atoms with van der Waals surface area (Å²) >= 11 is 0. The molecule has 0 saturated carbocycles. The van der Waals surface area contributed by atoms with Crippen LogP contribution < -0.4 is 10.6 Å². The van der Waals surface area contributed by atoms with E-state index >= 15 is 8.78 Å². The molecule has 0 radical (unpaired) electrons. The Kier molecular flexibility index (Phi) is 6.99. The normalized spacial score (nSPS) is 15.6. The van der Waals surface area contributed by atoms with Gasteiger partial charge >= 0.3 is 5.69 Å². The summed E-state index contributed by atoms with van der Waals surface area (Å²) in [5, 5.41) is 0.249. The largest absolute Gasteiger partial charge is 0.443 e. The van der Waals surface area contributed by atoms with Crippen molar-refractivity contribution in [2.24, 2.45) is 0 Å². The molecule has 0 bridgehead atoms. The fourth-order valence-corrected chi connectivity index (χ4v) is 5.71. The second kappa shape index (κ2) is 10.7. The zero-order valence-corrected chi connectivity index (χ0v) is 24.1. The summed E-state index contributed by atoms with van der Waals surface area (Å²) in [4.78, 5) is 47.5. The maximum atomic E-state index is 16.1. The van der Waals surface area contributed by atoms with Crippen molar-refractivity contribution < 1.29 is 18.0 Å². The Hall–Kier alpha value is -5.00. The van der Waals surface area contributed by atoms with Crippen molar-refractivity contribution in [1.29, 1.82) is 0 Å². The van der Waals surface area contributed by atoms with E-state index in [0.29, 0.717) is 36.5 Å². The highest BCUT2D eigenvalue weighted by molar-refractivity contribution is 5.94. The number of fused-ring (bicyclic) bond motifs is 2. The molecule has 10 nitrogen and oxygen atoms in total. The Bertz CT molecular complexity index is 1980.